The van der Waals surface area contributed by atoms with Gasteiger partial charge in [0.1, 0.15) is 11.8 Å². The highest BCUT2D eigenvalue weighted by Gasteiger charge is 2.29. The van der Waals surface area contributed by atoms with Crippen molar-refractivity contribution in [2.75, 3.05) is 19.7 Å². The third kappa shape index (κ3) is 3.93. The second-order valence-corrected chi connectivity index (χ2v) is 4.27. The van der Waals surface area contributed by atoms with Crippen LogP contribution in [0.5, 0.6) is 0 Å². The molecule has 0 N–H and O–H groups in total. The summed E-state index contributed by atoms with van der Waals surface area (Å²) < 4.78 is 5.03. The van der Waals surface area contributed by atoms with Crippen LogP contribution in [0.1, 0.15) is 39.5 Å². The van der Waals surface area contributed by atoms with Crippen LogP contribution in [-0.2, 0) is 14.3 Å². The monoisotopic (exact) mass is 227 g/mol. The van der Waals surface area contributed by atoms with Crippen molar-refractivity contribution in [3.05, 3.63) is 0 Å². The van der Waals surface area contributed by atoms with E-state index in [9.17, 15) is 9.59 Å². The predicted molar refractivity (Wildman–Crippen MR) is 61.1 cm³/mol. The molecule has 1 aliphatic rings. The van der Waals surface area contributed by atoms with Crippen LogP contribution in [0.3, 0.4) is 0 Å². The Bertz CT molecular complexity index is 247. The van der Waals surface area contributed by atoms with Crippen molar-refractivity contribution in [2.24, 2.45) is 0 Å². The Labute approximate surface area is 96.9 Å². The number of likely N-dealkylation sites (tertiary alicyclic amines) is 1. The molecule has 92 valence electrons. The van der Waals surface area contributed by atoms with Crippen LogP contribution in [0.25, 0.3) is 0 Å². The lowest BCUT2D eigenvalue weighted by molar-refractivity contribution is -0.151. The number of Topliss-reactive ketones (excluding diaryl/α,β-unsaturated/α-hetero) is 1. The van der Waals surface area contributed by atoms with Gasteiger partial charge in [0.15, 0.2) is 0 Å². The van der Waals surface area contributed by atoms with Gasteiger partial charge in [-0.2, -0.15) is 0 Å². The number of ketones is 1. The molecule has 1 atom stereocenters. The Hall–Kier alpha value is -0.900. The quantitative estimate of drug-likeness (QED) is 0.666. The van der Waals surface area contributed by atoms with Gasteiger partial charge in [0.25, 0.3) is 0 Å². The molecule has 1 unspecified atom stereocenters. The number of esters is 1. The summed E-state index contributed by atoms with van der Waals surface area (Å²) in [5, 5.41) is 0. The Morgan fingerprint density at radius 3 is 2.38 bits per heavy atom. The van der Waals surface area contributed by atoms with Crippen LogP contribution in [0.2, 0.25) is 0 Å². The minimum atomic E-state index is -0.363. The van der Waals surface area contributed by atoms with Crippen LogP contribution in [-0.4, -0.2) is 42.4 Å². The molecule has 4 nitrogen and oxygen atoms in total. The maximum Gasteiger partial charge on any atom is 0.323 e. The van der Waals surface area contributed by atoms with Crippen LogP contribution in [0.15, 0.2) is 0 Å². The molecule has 1 fully saturated rings. The summed E-state index contributed by atoms with van der Waals surface area (Å²) in [7, 11) is 0. The van der Waals surface area contributed by atoms with Crippen molar-refractivity contribution in [3.63, 3.8) is 0 Å². The van der Waals surface area contributed by atoms with E-state index >= 15 is 0 Å². The first kappa shape index (κ1) is 13.2. The molecule has 0 saturated carbocycles. The van der Waals surface area contributed by atoms with Gasteiger partial charge in [-0.25, -0.2) is 0 Å². The van der Waals surface area contributed by atoms with Gasteiger partial charge in [-0.1, -0.05) is 6.42 Å². The molecule has 0 aromatic rings. The zero-order valence-corrected chi connectivity index (χ0v) is 10.2. The standard InChI is InChI=1S/C12H21NO3/c1-3-16-12(15)11(9-10(2)14)13-7-5-4-6-8-13/h11H,3-9H2,1-2H3. The third-order valence-corrected chi connectivity index (χ3v) is 2.87. The van der Waals surface area contributed by atoms with Crippen molar-refractivity contribution in [3.8, 4) is 0 Å². The van der Waals surface area contributed by atoms with E-state index < -0.39 is 0 Å². The molecule has 1 heterocycles. The highest BCUT2D eigenvalue weighted by atomic mass is 16.5. The third-order valence-electron chi connectivity index (χ3n) is 2.87. The van der Waals surface area contributed by atoms with E-state index in [2.05, 4.69) is 4.90 Å². The molecule has 0 aromatic carbocycles. The SMILES string of the molecule is CCOC(=O)C(CC(C)=O)N1CCCCC1. The van der Waals surface area contributed by atoms with Crippen molar-refractivity contribution in [1.29, 1.82) is 0 Å². The molecule has 1 saturated heterocycles. The molecule has 4 heteroatoms. The largest absolute Gasteiger partial charge is 0.465 e. The number of ether oxygens (including phenoxy) is 1. The molecule has 1 aliphatic heterocycles. The summed E-state index contributed by atoms with van der Waals surface area (Å²) in [6.45, 7) is 5.49. The van der Waals surface area contributed by atoms with Gasteiger partial charge < -0.3 is 4.74 Å². The summed E-state index contributed by atoms with van der Waals surface area (Å²) >= 11 is 0. The lowest BCUT2D eigenvalue weighted by Gasteiger charge is -2.32. The molecule has 0 spiro atoms. The normalized spacial score (nSPS) is 19.1. The second-order valence-electron chi connectivity index (χ2n) is 4.27. The average molecular weight is 227 g/mol. The van der Waals surface area contributed by atoms with Crippen molar-refractivity contribution < 1.29 is 14.3 Å². The minimum absolute atomic E-state index is 0.0450. The minimum Gasteiger partial charge on any atom is -0.465 e. The number of hydrogen-bond donors (Lipinski definition) is 0. The first-order valence-electron chi connectivity index (χ1n) is 6.05. The zero-order chi connectivity index (χ0) is 12.0. The molecular formula is C12H21NO3. The van der Waals surface area contributed by atoms with Gasteiger partial charge in [0, 0.05) is 6.42 Å². The highest BCUT2D eigenvalue weighted by molar-refractivity contribution is 5.85. The number of rotatable bonds is 5. The zero-order valence-electron chi connectivity index (χ0n) is 10.2. The summed E-state index contributed by atoms with van der Waals surface area (Å²) in [6.07, 6.45) is 3.70. The molecule has 0 amide bonds. The smallest absolute Gasteiger partial charge is 0.323 e. The summed E-state index contributed by atoms with van der Waals surface area (Å²) in [5.41, 5.74) is 0. The van der Waals surface area contributed by atoms with E-state index in [-0.39, 0.29) is 24.2 Å². The molecule has 0 aromatic heterocycles. The average Bonchev–Trinajstić information content (AvgIpc) is 2.27. The summed E-state index contributed by atoms with van der Waals surface area (Å²) in [5.74, 6) is -0.205. The van der Waals surface area contributed by atoms with Crippen molar-refractivity contribution in [2.45, 2.75) is 45.6 Å². The Morgan fingerprint density at radius 2 is 1.88 bits per heavy atom. The molecule has 0 bridgehead atoms. The molecular weight excluding hydrogens is 206 g/mol. The number of carbonyl (C=O) groups is 2. The number of piperidine rings is 1. The maximum absolute atomic E-state index is 11.8. The van der Waals surface area contributed by atoms with Gasteiger partial charge in [-0.05, 0) is 39.8 Å². The molecule has 16 heavy (non-hydrogen) atoms. The van der Waals surface area contributed by atoms with E-state index in [1.807, 2.05) is 0 Å². The molecule has 1 rings (SSSR count). The molecule has 0 aliphatic carbocycles. The van der Waals surface area contributed by atoms with Gasteiger partial charge in [0.05, 0.1) is 6.61 Å². The number of carbonyl (C=O) groups excluding carboxylic acids is 2. The van der Waals surface area contributed by atoms with E-state index in [1.165, 1.54) is 13.3 Å². The van der Waals surface area contributed by atoms with Crippen LogP contribution in [0, 0.1) is 0 Å². The van der Waals surface area contributed by atoms with Gasteiger partial charge in [-0.15, -0.1) is 0 Å². The van der Waals surface area contributed by atoms with Crippen molar-refractivity contribution >= 4 is 11.8 Å². The number of hydrogen-bond acceptors (Lipinski definition) is 4. The predicted octanol–water partition coefficient (Wildman–Crippen LogP) is 1.38. The number of nitrogens with zero attached hydrogens (tertiary/aromatic N) is 1. The van der Waals surface area contributed by atoms with Crippen LogP contribution >= 0.6 is 0 Å². The van der Waals surface area contributed by atoms with E-state index in [0.29, 0.717) is 6.61 Å². The highest BCUT2D eigenvalue weighted by Crippen LogP contribution is 2.15. The fourth-order valence-corrected chi connectivity index (χ4v) is 2.10. The van der Waals surface area contributed by atoms with E-state index in [4.69, 9.17) is 4.74 Å². The van der Waals surface area contributed by atoms with Crippen LogP contribution < -0.4 is 0 Å². The Morgan fingerprint density at radius 1 is 1.25 bits per heavy atom. The Balaban J connectivity index is 2.60. The lowest BCUT2D eigenvalue weighted by atomic mass is 10.0. The first-order chi connectivity index (χ1) is 7.65. The topological polar surface area (TPSA) is 46.6 Å². The molecule has 0 radical (unpaired) electrons. The maximum atomic E-state index is 11.8. The fourth-order valence-electron chi connectivity index (χ4n) is 2.10. The fraction of sp³-hybridized carbons (Fsp3) is 0.833. The van der Waals surface area contributed by atoms with E-state index in [0.717, 1.165) is 25.9 Å². The summed E-state index contributed by atoms with van der Waals surface area (Å²) in [6, 6.07) is -0.363. The van der Waals surface area contributed by atoms with Gasteiger partial charge >= 0.3 is 5.97 Å². The second kappa shape index (κ2) is 6.63. The van der Waals surface area contributed by atoms with Gasteiger partial charge in [-0.3, -0.25) is 14.5 Å². The lowest BCUT2D eigenvalue weighted by Crippen LogP contribution is -2.45. The van der Waals surface area contributed by atoms with Crippen LogP contribution in [0.4, 0.5) is 0 Å². The van der Waals surface area contributed by atoms with Gasteiger partial charge in [0.2, 0.25) is 0 Å². The van der Waals surface area contributed by atoms with E-state index in [1.54, 1.807) is 6.92 Å². The first-order valence-corrected chi connectivity index (χ1v) is 6.05. The summed E-state index contributed by atoms with van der Waals surface area (Å²) in [4.78, 5) is 25.0. The Kier molecular flexibility index (Phi) is 5.46. The van der Waals surface area contributed by atoms with Crippen molar-refractivity contribution in [1.82, 2.24) is 4.90 Å².